The van der Waals surface area contributed by atoms with Crippen molar-refractivity contribution >= 4 is 0 Å². The van der Waals surface area contributed by atoms with Gasteiger partial charge in [0.1, 0.15) is 40.2 Å². The molecule has 0 saturated heterocycles. The van der Waals surface area contributed by atoms with E-state index in [0.29, 0.717) is 33.8 Å². The zero-order valence-corrected chi connectivity index (χ0v) is 30.2. The third kappa shape index (κ3) is 6.03. The summed E-state index contributed by atoms with van der Waals surface area (Å²) in [6, 6.07) is 60.5. The fourth-order valence-electron chi connectivity index (χ4n) is 8.16. The lowest BCUT2D eigenvalue weighted by Gasteiger charge is -2.38. The molecular formula is C50H38O6. The summed E-state index contributed by atoms with van der Waals surface area (Å²) < 4.78 is 6.77. The summed E-state index contributed by atoms with van der Waals surface area (Å²) in [6.45, 7) is 0. The third-order valence-electron chi connectivity index (χ3n) is 10.5. The van der Waals surface area contributed by atoms with E-state index in [2.05, 4.69) is 0 Å². The van der Waals surface area contributed by atoms with Gasteiger partial charge in [-0.2, -0.15) is 0 Å². The first-order valence-corrected chi connectivity index (χ1v) is 18.2. The highest BCUT2D eigenvalue weighted by Crippen LogP contribution is 2.54. The molecule has 0 aliphatic rings. The number of phenols is 5. The van der Waals surface area contributed by atoms with Crippen molar-refractivity contribution < 1.29 is 30.3 Å². The number of aromatic hydroxyl groups is 5. The molecule has 8 aromatic carbocycles. The summed E-state index contributed by atoms with van der Waals surface area (Å²) >= 11 is 0. The second-order valence-corrected chi connectivity index (χ2v) is 13.6. The summed E-state index contributed by atoms with van der Waals surface area (Å²) in [5.74, 6) is 0.692. The van der Waals surface area contributed by atoms with E-state index in [1.165, 1.54) is 6.07 Å². The van der Waals surface area contributed by atoms with Crippen molar-refractivity contribution in [3.8, 4) is 40.2 Å². The highest BCUT2D eigenvalue weighted by Gasteiger charge is 2.44. The Labute approximate surface area is 325 Å². The molecule has 5 N–H and O–H groups in total. The van der Waals surface area contributed by atoms with E-state index in [4.69, 9.17) is 4.74 Å². The van der Waals surface area contributed by atoms with E-state index in [9.17, 15) is 25.5 Å². The Hall–Kier alpha value is -7.44. The fraction of sp³-hybridized carbons (Fsp3) is 0.0400. The highest BCUT2D eigenvalue weighted by atomic mass is 16.5. The van der Waals surface area contributed by atoms with Gasteiger partial charge in [-0.3, -0.25) is 0 Å². The topological polar surface area (TPSA) is 110 Å². The van der Waals surface area contributed by atoms with E-state index in [1.807, 2.05) is 140 Å². The number of benzene rings is 8. The molecule has 56 heavy (non-hydrogen) atoms. The summed E-state index contributed by atoms with van der Waals surface area (Å²) in [5.41, 5.74) is 3.19. The number of rotatable bonds is 10. The van der Waals surface area contributed by atoms with Crippen LogP contribution in [0.25, 0.3) is 0 Å². The number of hydrogen-bond acceptors (Lipinski definition) is 6. The summed E-state index contributed by atoms with van der Waals surface area (Å²) in [6.07, 6.45) is 0. The van der Waals surface area contributed by atoms with Gasteiger partial charge in [-0.1, -0.05) is 152 Å². The quantitative estimate of drug-likeness (QED) is 0.0895. The Morgan fingerprint density at radius 3 is 1.14 bits per heavy atom. The predicted octanol–water partition coefficient (Wildman–Crippen LogP) is 10.8. The minimum atomic E-state index is -1.18. The van der Waals surface area contributed by atoms with Crippen LogP contribution in [0.1, 0.15) is 44.5 Å². The molecule has 0 spiro atoms. The predicted molar refractivity (Wildman–Crippen MR) is 218 cm³/mol. The molecule has 0 bridgehead atoms. The molecule has 0 heterocycles. The molecule has 0 aliphatic heterocycles. The first kappa shape index (κ1) is 35.6. The van der Waals surface area contributed by atoms with Gasteiger partial charge in [0.15, 0.2) is 0 Å². The van der Waals surface area contributed by atoms with Gasteiger partial charge >= 0.3 is 0 Å². The fourth-order valence-corrected chi connectivity index (χ4v) is 8.16. The zero-order valence-electron chi connectivity index (χ0n) is 30.2. The SMILES string of the molecule is Oc1ccc(C(c2ccccc2)(c2ccccc2)c2ccc(O)cc2Oc2ccc(C(c3ccccc3)(c3ccccc3O)c3ccccc3O)cc2)c(O)c1. The first-order chi connectivity index (χ1) is 27.3. The molecule has 274 valence electrons. The second-order valence-electron chi connectivity index (χ2n) is 13.6. The van der Waals surface area contributed by atoms with Crippen LogP contribution in [0.2, 0.25) is 0 Å². The molecule has 6 heteroatoms. The largest absolute Gasteiger partial charge is 0.508 e. The molecule has 0 unspecified atom stereocenters. The van der Waals surface area contributed by atoms with Gasteiger partial charge in [0.05, 0.1) is 10.8 Å². The highest BCUT2D eigenvalue weighted by molar-refractivity contribution is 5.69. The maximum absolute atomic E-state index is 11.6. The molecule has 0 aliphatic carbocycles. The van der Waals surface area contributed by atoms with Crippen LogP contribution >= 0.6 is 0 Å². The Balaban J connectivity index is 1.34. The summed E-state index contributed by atoms with van der Waals surface area (Å²) in [5, 5.41) is 55.8. The molecule has 0 atom stereocenters. The number of hydrogen-bond donors (Lipinski definition) is 5. The Kier molecular flexibility index (Phi) is 9.38. The van der Waals surface area contributed by atoms with Gasteiger partial charge in [0.2, 0.25) is 0 Å². The minimum Gasteiger partial charge on any atom is -0.508 e. The maximum Gasteiger partial charge on any atom is 0.135 e. The number of phenolic OH excluding ortho intramolecular Hbond substituents is 5. The van der Waals surface area contributed by atoms with E-state index in [-0.39, 0.29) is 28.7 Å². The smallest absolute Gasteiger partial charge is 0.135 e. The van der Waals surface area contributed by atoms with E-state index in [1.54, 1.807) is 54.6 Å². The molecule has 6 nitrogen and oxygen atoms in total. The first-order valence-electron chi connectivity index (χ1n) is 18.2. The molecule has 0 aromatic heterocycles. The van der Waals surface area contributed by atoms with Gasteiger partial charge in [-0.15, -0.1) is 0 Å². The molecule has 0 fully saturated rings. The number of para-hydroxylation sites is 2. The van der Waals surface area contributed by atoms with Crippen LogP contribution in [0, 0.1) is 0 Å². The molecule has 0 saturated carbocycles. The second kappa shape index (κ2) is 14.8. The van der Waals surface area contributed by atoms with Crippen molar-refractivity contribution in [2.75, 3.05) is 0 Å². The lowest BCUT2D eigenvalue weighted by molar-refractivity contribution is 0.434. The van der Waals surface area contributed by atoms with Crippen LogP contribution < -0.4 is 4.74 Å². The average Bonchev–Trinajstić information content (AvgIpc) is 3.23. The zero-order chi connectivity index (χ0) is 38.7. The van der Waals surface area contributed by atoms with Crippen LogP contribution in [-0.2, 0) is 10.8 Å². The summed E-state index contributed by atoms with van der Waals surface area (Å²) in [7, 11) is 0. The van der Waals surface area contributed by atoms with Crippen molar-refractivity contribution in [2.24, 2.45) is 0 Å². The Bertz CT molecular complexity index is 2520. The van der Waals surface area contributed by atoms with Crippen LogP contribution in [0.15, 0.2) is 200 Å². The minimum absolute atomic E-state index is 0.0208. The third-order valence-corrected chi connectivity index (χ3v) is 10.5. The van der Waals surface area contributed by atoms with Crippen molar-refractivity contribution in [3.63, 3.8) is 0 Å². The lowest BCUT2D eigenvalue weighted by atomic mass is 9.64. The maximum atomic E-state index is 11.6. The van der Waals surface area contributed by atoms with E-state index < -0.39 is 10.8 Å². The van der Waals surface area contributed by atoms with Crippen molar-refractivity contribution in [3.05, 3.63) is 245 Å². The number of ether oxygens (including phenoxy) is 1. The van der Waals surface area contributed by atoms with Crippen molar-refractivity contribution in [1.29, 1.82) is 0 Å². The van der Waals surface area contributed by atoms with Crippen molar-refractivity contribution in [1.82, 2.24) is 0 Å². The van der Waals surface area contributed by atoms with Crippen LogP contribution in [-0.4, -0.2) is 25.5 Å². The van der Waals surface area contributed by atoms with Gasteiger partial charge in [0.25, 0.3) is 0 Å². The molecular weight excluding hydrogens is 697 g/mol. The van der Waals surface area contributed by atoms with Crippen LogP contribution in [0.5, 0.6) is 40.2 Å². The van der Waals surface area contributed by atoms with E-state index in [0.717, 1.165) is 22.3 Å². The van der Waals surface area contributed by atoms with Gasteiger partial charge in [-0.05, 0) is 58.7 Å². The Morgan fingerprint density at radius 2 is 0.679 bits per heavy atom. The lowest BCUT2D eigenvalue weighted by Crippen LogP contribution is -2.31. The standard InChI is InChI=1S/C50H38O6/c51-38-26-30-43(47(55)32-38)50(35-16-6-2-7-17-35,36-18-8-3-9-19-36)44-31-27-39(52)33-48(44)56-40-28-24-37(25-29-40)49(34-14-4-1-5-15-34,41-20-10-12-22-45(41)53)42-21-11-13-23-46(42)54/h1-33,51-55H. The van der Waals surface area contributed by atoms with Crippen LogP contribution in [0.3, 0.4) is 0 Å². The molecule has 8 aromatic rings. The molecule has 0 radical (unpaired) electrons. The van der Waals surface area contributed by atoms with Gasteiger partial charge < -0.3 is 30.3 Å². The van der Waals surface area contributed by atoms with E-state index >= 15 is 0 Å². The van der Waals surface area contributed by atoms with Gasteiger partial charge in [-0.25, -0.2) is 0 Å². The van der Waals surface area contributed by atoms with Crippen LogP contribution in [0.4, 0.5) is 0 Å². The Morgan fingerprint density at radius 1 is 0.304 bits per heavy atom. The average molecular weight is 735 g/mol. The monoisotopic (exact) mass is 734 g/mol. The van der Waals surface area contributed by atoms with Gasteiger partial charge in [0, 0.05) is 34.4 Å². The van der Waals surface area contributed by atoms with Crippen molar-refractivity contribution in [2.45, 2.75) is 10.8 Å². The summed E-state index contributed by atoms with van der Waals surface area (Å²) in [4.78, 5) is 0. The molecule has 0 amide bonds. The molecule has 8 rings (SSSR count). The normalized spacial score (nSPS) is 11.6.